The Kier molecular flexibility index (Phi) is 8.17. The SMILES string of the molecule is COc1cc2c(cc1OCc1ccccc1)CCN(C(=O)OC(C)(C)C)C2CS(=O)(=O)c1nnn(-c2ccccc2)n1. The molecule has 0 saturated carbocycles. The Morgan fingerprint density at radius 2 is 1.69 bits per heavy atom. The molecule has 1 aromatic heterocycles. The zero-order valence-corrected chi connectivity index (χ0v) is 24.7. The Bertz CT molecular complexity index is 1650. The molecular weight excluding hydrogens is 558 g/mol. The number of carbonyl (C=O) groups excluding carboxylic acids is 1. The summed E-state index contributed by atoms with van der Waals surface area (Å²) in [6.45, 7) is 5.87. The highest BCUT2D eigenvalue weighted by molar-refractivity contribution is 7.91. The number of hydrogen-bond acceptors (Lipinski definition) is 9. The van der Waals surface area contributed by atoms with Crippen LogP contribution in [0.1, 0.15) is 43.5 Å². The fourth-order valence-corrected chi connectivity index (χ4v) is 6.00. The first-order valence-electron chi connectivity index (χ1n) is 13.5. The first-order valence-corrected chi connectivity index (χ1v) is 15.1. The van der Waals surface area contributed by atoms with Crippen molar-refractivity contribution in [2.24, 2.45) is 0 Å². The zero-order chi connectivity index (χ0) is 29.9. The van der Waals surface area contributed by atoms with E-state index in [0.717, 1.165) is 15.9 Å². The van der Waals surface area contributed by atoms with E-state index in [1.54, 1.807) is 51.1 Å². The van der Waals surface area contributed by atoms with Crippen molar-refractivity contribution in [1.82, 2.24) is 25.1 Å². The van der Waals surface area contributed by atoms with Crippen LogP contribution in [0.2, 0.25) is 0 Å². The minimum absolute atomic E-state index is 0.247. The highest BCUT2D eigenvalue weighted by Crippen LogP contribution is 2.40. The minimum Gasteiger partial charge on any atom is -0.493 e. The van der Waals surface area contributed by atoms with Gasteiger partial charge in [-0.3, -0.25) is 4.90 Å². The highest BCUT2D eigenvalue weighted by atomic mass is 32.2. The predicted molar refractivity (Wildman–Crippen MR) is 154 cm³/mol. The number of sulfone groups is 1. The van der Waals surface area contributed by atoms with Crippen molar-refractivity contribution in [2.75, 3.05) is 19.4 Å². The molecule has 2 heterocycles. The summed E-state index contributed by atoms with van der Waals surface area (Å²) in [5, 5.41) is 11.5. The molecule has 0 saturated heterocycles. The Morgan fingerprint density at radius 3 is 2.36 bits per heavy atom. The van der Waals surface area contributed by atoms with Gasteiger partial charge in [0.05, 0.1) is 24.6 Å². The molecule has 42 heavy (non-hydrogen) atoms. The average molecular weight is 592 g/mol. The second kappa shape index (κ2) is 11.8. The molecule has 1 aliphatic rings. The van der Waals surface area contributed by atoms with Gasteiger partial charge in [0.25, 0.3) is 5.16 Å². The molecule has 3 aromatic carbocycles. The minimum atomic E-state index is -4.10. The Hall–Kier alpha value is -4.45. The molecule has 1 unspecified atom stereocenters. The third kappa shape index (κ3) is 6.54. The third-order valence-corrected chi connectivity index (χ3v) is 8.16. The van der Waals surface area contributed by atoms with Crippen molar-refractivity contribution >= 4 is 15.9 Å². The number of rotatable bonds is 8. The third-order valence-electron chi connectivity index (χ3n) is 6.69. The van der Waals surface area contributed by atoms with E-state index in [2.05, 4.69) is 15.4 Å². The molecule has 12 heteroatoms. The number of nitrogens with zero attached hydrogens (tertiary/aromatic N) is 5. The first-order chi connectivity index (χ1) is 20.0. The van der Waals surface area contributed by atoms with E-state index in [4.69, 9.17) is 14.2 Å². The number of benzene rings is 3. The van der Waals surface area contributed by atoms with Crippen LogP contribution in [0.3, 0.4) is 0 Å². The summed E-state index contributed by atoms with van der Waals surface area (Å²) in [5.74, 6) is 0.471. The standard InChI is InChI=1S/C30H33N5O6S/c1-30(2,3)41-29(36)34-16-15-22-17-27(40-19-21-11-7-5-8-12-21)26(39-4)18-24(22)25(34)20-42(37,38)28-31-33-35(32-28)23-13-9-6-10-14-23/h5-14,17-18,25H,15-16,19-20H2,1-4H3. The number of methoxy groups -OCH3 is 1. The van der Waals surface area contributed by atoms with Gasteiger partial charge >= 0.3 is 6.09 Å². The van der Waals surface area contributed by atoms with Gasteiger partial charge in [-0.25, -0.2) is 13.2 Å². The molecule has 11 nitrogen and oxygen atoms in total. The van der Waals surface area contributed by atoms with Crippen molar-refractivity contribution < 1.29 is 27.4 Å². The van der Waals surface area contributed by atoms with Crippen molar-refractivity contribution in [3.63, 3.8) is 0 Å². The number of carbonyl (C=O) groups is 1. The lowest BCUT2D eigenvalue weighted by atomic mass is 9.93. The van der Waals surface area contributed by atoms with Crippen LogP contribution >= 0.6 is 0 Å². The summed E-state index contributed by atoms with van der Waals surface area (Å²) < 4.78 is 44.7. The number of aromatic nitrogens is 4. The molecule has 0 radical (unpaired) electrons. The van der Waals surface area contributed by atoms with Gasteiger partial charge in [-0.15, -0.1) is 9.90 Å². The van der Waals surface area contributed by atoms with Crippen LogP contribution in [-0.4, -0.2) is 64.6 Å². The van der Waals surface area contributed by atoms with E-state index in [1.165, 1.54) is 12.0 Å². The van der Waals surface area contributed by atoms with Gasteiger partial charge in [-0.05, 0) is 73.4 Å². The molecule has 0 aliphatic carbocycles. The highest BCUT2D eigenvalue weighted by Gasteiger charge is 2.39. The normalized spacial score (nSPS) is 15.1. The quantitative estimate of drug-likeness (QED) is 0.290. The van der Waals surface area contributed by atoms with E-state index in [0.29, 0.717) is 35.8 Å². The number of hydrogen-bond donors (Lipinski definition) is 0. The van der Waals surface area contributed by atoms with Crippen molar-refractivity contribution in [3.05, 3.63) is 89.5 Å². The molecular formula is C30H33N5O6S. The molecule has 220 valence electrons. The fraction of sp³-hybridized carbons (Fsp3) is 0.333. The summed E-state index contributed by atoms with van der Waals surface area (Å²) in [4.78, 5) is 15.9. The maximum Gasteiger partial charge on any atom is 0.410 e. The van der Waals surface area contributed by atoms with Gasteiger partial charge in [0.2, 0.25) is 9.84 Å². The smallest absolute Gasteiger partial charge is 0.410 e. The Morgan fingerprint density at radius 1 is 1.00 bits per heavy atom. The summed E-state index contributed by atoms with van der Waals surface area (Å²) in [5.41, 5.74) is 2.26. The van der Waals surface area contributed by atoms with Crippen LogP contribution in [0.15, 0.2) is 78.0 Å². The molecule has 1 aliphatic heterocycles. The van der Waals surface area contributed by atoms with Crippen molar-refractivity contribution in [2.45, 2.75) is 50.6 Å². The molecule has 0 bridgehead atoms. The van der Waals surface area contributed by atoms with Gasteiger partial charge in [-0.1, -0.05) is 53.6 Å². The van der Waals surface area contributed by atoms with Crippen molar-refractivity contribution in [3.8, 4) is 17.2 Å². The van der Waals surface area contributed by atoms with E-state index >= 15 is 0 Å². The van der Waals surface area contributed by atoms with E-state index < -0.39 is 38.5 Å². The monoisotopic (exact) mass is 591 g/mol. The maximum absolute atomic E-state index is 13.7. The summed E-state index contributed by atoms with van der Waals surface area (Å²) in [6, 6.07) is 21.3. The van der Waals surface area contributed by atoms with Crippen LogP contribution in [0.25, 0.3) is 5.69 Å². The van der Waals surface area contributed by atoms with E-state index in [-0.39, 0.29) is 6.54 Å². The van der Waals surface area contributed by atoms with Gasteiger partial charge in [0.1, 0.15) is 12.2 Å². The second-order valence-electron chi connectivity index (χ2n) is 10.9. The topological polar surface area (TPSA) is 126 Å². The summed E-state index contributed by atoms with van der Waals surface area (Å²) in [6.07, 6.45) is -0.142. The molecule has 4 aromatic rings. The fourth-order valence-electron chi connectivity index (χ4n) is 4.71. The van der Waals surface area contributed by atoms with Crippen LogP contribution in [0.5, 0.6) is 11.5 Å². The lowest BCUT2D eigenvalue weighted by Crippen LogP contribution is -2.45. The molecule has 0 spiro atoms. The number of amides is 1. The molecule has 1 amide bonds. The summed E-state index contributed by atoms with van der Waals surface area (Å²) in [7, 11) is -2.59. The predicted octanol–water partition coefficient (Wildman–Crippen LogP) is 4.56. The van der Waals surface area contributed by atoms with Gasteiger partial charge in [0, 0.05) is 6.54 Å². The van der Waals surface area contributed by atoms with Crippen molar-refractivity contribution in [1.29, 1.82) is 0 Å². The maximum atomic E-state index is 13.7. The molecule has 1 atom stereocenters. The zero-order valence-electron chi connectivity index (χ0n) is 23.9. The van der Waals surface area contributed by atoms with E-state index in [9.17, 15) is 13.2 Å². The van der Waals surface area contributed by atoms with Gasteiger partial charge < -0.3 is 14.2 Å². The number of ether oxygens (including phenoxy) is 3. The largest absolute Gasteiger partial charge is 0.493 e. The first kappa shape index (κ1) is 29.1. The lowest BCUT2D eigenvalue weighted by molar-refractivity contribution is 0.0162. The lowest BCUT2D eigenvalue weighted by Gasteiger charge is -2.38. The Balaban J connectivity index is 1.49. The molecule has 0 N–H and O–H groups in total. The number of tetrazole rings is 1. The van der Waals surface area contributed by atoms with Gasteiger partial charge in [-0.2, -0.15) is 0 Å². The number of para-hydroxylation sites is 1. The molecule has 0 fully saturated rings. The van der Waals surface area contributed by atoms with Crippen LogP contribution in [0, 0.1) is 0 Å². The number of fused-ring (bicyclic) bond motifs is 1. The Labute approximate surface area is 244 Å². The van der Waals surface area contributed by atoms with Crippen LogP contribution < -0.4 is 9.47 Å². The van der Waals surface area contributed by atoms with Crippen LogP contribution in [0.4, 0.5) is 4.79 Å². The molecule has 5 rings (SSSR count). The second-order valence-corrected chi connectivity index (χ2v) is 12.8. The van der Waals surface area contributed by atoms with Crippen LogP contribution in [-0.2, 0) is 27.6 Å². The van der Waals surface area contributed by atoms with E-state index in [1.807, 2.05) is 42.5 Å². The average Bonchev–Trinajstić information content (AvgIpc) is 3.47. The summed E-state index contributed by atoms with van der Waals surface area (Å²) >= 11 is 0. The van der Waals surface area contributed by atoms with Gasteiger partial charge in [0.15, 0.2) is 11.5 Å².